The van der Waals surface area contributed by atoms with Gasteiger partial charge in [-0.15, -0.1) is 0 Å². The minimum Gasteiger partial charge on any atom is -0.396 e. The van der Waals surface area contributed by atoms with Gasteiger partial charge >= 0.3 is 0 Å². The molecule has 5 nitrogen and oxygen atoms in total. The van der Waals surface area contributed by atoms with Gasteiger partial charge in [-0.25, -0.2) is 0 Å². The fraction of sp³-hybridized carbons (Fsp3) is 0.615. The molecule has 0 saturated carbocycles. The van der Waals surface area contributed by atoms with Crippen molar-refractivity contribution < 1.29 is 0 Å². The molecule has 100 valence electrons. The Morgan fingerprint density at radius 1 is 1.33 bits per heavy atom. The van der Waals surface area contributed by atoms with Crippen molar-refractivity contribution in [2.45, 2.75) is 0 Å². The van der Waals surface area contributed by atoms with Crippen LogP contribution in [0.15, 0.2) is 18.5 Å². The van der Waals surface area contributed by atoms with E-state index in [2.05, 4.69) is 33.8 Å². The summed E-state index contributed by atoms with van der Waals surface area (Å²) < 4.78 is 0. The fourth-order valence-corrected chi connectivity index (χ4v) is 2.23. The highest BCUT2D eigenvalue weighted by atomic mass is 15.3. The summed E-state index contributed by atoms with van der Waals surface area (Å²) in [4.78, 5) is 11.1. The molecule has 0 aliphatic carbocycles. The molecule has 2 N–H and O–H groups in total. The first kappa shape index (κ1) is 13.1. The highest BCUT2D eigenvalue weighted by Crippen LogP contribution is 2.19. The molecule has 0 atom stereocenters. The Morgan fingerprint density at radius 3 is 2.72 bits per heavy atom. The standard InChI is InChI=1S/C13H23N5/c1-16-5-8-18(9-6-16)10-7-17(2)13-3-4-15-11-12(13)14/h3-4,11H,5-10,14H2,1-2H3. The second kappa shape index (κ2) is 6.02. The van der Waals surface area contributed by atoms with Gasteiger partial charge in [0.15, 0.2) is 0 Å². The molecule has 5 heteroatoms. The zero-order chi connectivity index (χ0) is 13.0. The number of piperazine rings is 1. The predicted molar refractivity (Wildman–Crippen MR) is 75.9 cm³/mol. The highest BCUT2D eigenvalue weighted by molar-refractivity contribution is 5.65. The Hall–Kier alpha value is -1.33. The minimum absolute atomic E-state index is 0.748. The summed E-state index contributed by atoms with van der Waals surface area (Å²) >= 11 is 0. The highest BCUT2D eigenvalue weighted by Gasteiger charge is 2.14. The van der Waals surface area contributed by atoms with Crippen LogP contribution in [0.2, 0.25) is 0 Å². The number of likely N-dealkylation sites (N-methyl/N-ethyl adjacent to an activating group) is 2. The molecule has 0 aromatic carbocycles. The summed E-state index contributed by atoms with van der Waals surface area (Å²) in [5.41, 5.74) is 7.74. The lowest BCUT2D eigenvalue weighted by Gasteiger charge is -2.33. The molecule has 2 rings (SSSR count). The van der Waals surface area contributed by atoms with Gasteiger partial charge in [-0.2, -0.15) is 0 Å². The van der Waals surface area contributed by atoms with Gasteiger partial charge in [0, 0.05) is 52.5 Å². The van der Waals surface area contributed by atoms with Crippen LogP contribution in [0.25, 0.3) is 0 Å². The fourth-order valence-electron chi connectivity index (χ4n) is 2.23. The zero-order valence-corrected chi connectivity index (χ0v) is 11.3. The van der Waals surface area contributed by atoms with Crippen LogP contribution in [0.1, 0.15) is 0 Å². The number of anilines is 2. The largest absolute Gasteiger partial charge is 0.396 e. The van der Waals surface area contributed by atoms with Crippen LogP contribution in [0.3, 0.4) is 0 Å². The topological polar surface area (TPSA) is 48.6 Å². The first-order valence-corrected chi connectivity index (χ1v) is 6.48. The summed E-state index contributed by atoms with van der Waals surface area (Å²) in [5.74, 6) is 0. The van der Waals surface area contributed by atoms with Gasteiger partial charge in [-0.05, 0) is 13.1 Å². The van der Waals surface area contributed by atoms with Crippen molar-refractivity contribution >= 4 is 11.4 Å². The van der Waals surface area contributed by atoms with Gasteiger partial charge in [-0.3, -0.25) is 9.88 Å². The lowest BCUT2D eigenvalue weighted by atomic mass is 10.3. The molecule has 0 spiro atoms. The van der Waals surface area contributed by atoms with Gasteiger partial charge < -0.3 is 15.5 Å². The van der Waals surface area contributed by atoms with Crippen molar-refractivity contribution in [1.29, 1.82) is 0 Å². The molecule has 1 saturated heterocycles. The van der Waals surface area contributed by atoms with Crippen LogP contribution in [-0.4, -0.2) is 68.1 Å². The Labute approximate surface area is 109 Å². The number of rotatable bonds is 4. The minimum atomic E-state index is 0.748. The van der Waals surface area contributed by atoms with Crippen LogP contribution in [0.5, 0.6) is 0 Å². The second-order valence-corrected chi connectivity index (χ2v) is 5.00. The van der Waals surface area contributed by atoms with E-state index >= 15 is 0 Å². The maximum atomic E-state index is 5.92. The van der Waals surface area contributed by atoms with Crippen LogP contribution in [0.4, 0.5) is 11.4 Å². The average molecular weight is 249 g/mol. The summed E-state index contributed by atoms with van der Waals surface area (Å²) in [6.45, 7) is 6.75. The molecule has 1 aliphatic heterocycles. The SMILES string of the molecule is CN1CCN(CCN(C)c2ccncc2N)CC1. The smallest absolute Gasteiger partial charge is 0.0738 e. The van der Waals surface area contributed by atoms with Crippen LogP contribution < -0.4 is 10.6 Å². The van der Waals surface area contributed by atoms with E-state index in [0.29, 0.717) is 0 Å². The van der Waals surface area contributed by atoms with Crippen molar-refractivity contribution in [1.82, 2.24) is 14.8 Å². The van der Waals surface area contributed by atoms with E-state index in [9.17, 15) is 0 Å². The number of pyridine rings is 1. The van der Waals surface area contributed by atoms with E-state index in [-0.39, 0.29) is 0 Å². The summed E-state index contributed by atoms with van der Waals surface area (Å²) in [6, 6.07) is 1.97. The van der Waals surface area contributed by atoms with Gasteiger partial charge in [0.1, 0.15) is 0 Å². The normalized spacial score (nSPS) is 17.9. The Bertz CT molecular complexity index is 373. The molecule has 1 fully saturated rings. The van der Waals surface area contributed by atoms with E-state index in [1.54, 1.807) is 12.4 Å². The maximum Gasteiger partial charge on any atom is 0.0738 e. The third-order valence-electron chi connectivity index (χ3n) is 3.59. The molecular weight excluding hydrogens is 226 g/mol. The van der Waals surface area contributed by atoms with E-state index in [4.69, 9.17) is 5.73 Å². The van der Waals surface area contributed by atoms with Crippen molar-refractivity contribution in [2.75, 3.05) is 64.0 Å². The van der Waals surface area contributed by atoms with Gasteiger partial charge in [0.2, 0.25) is 0 Å². The quantitative estimate of drug-likeness (QED) is 0.834. The Kier molecular flexibility index (Phi) is 4.38. The first-order valence-electron chi connectivity index (χ1n) is 6.48. The molecular formula is C13H23N5. The molecule has 0 radical (unpaired) electrons. The first-order chi connectivity index (χ1) is 8.66. The van der Waals surface area contributed by atoms with Crippen molar-refractivity contribution in [3.63, 3.8) is 0 Å². The van der Waals surface area contributed by atoms with Crippen LogP contribution in [-0.2, 0) is 0 Å². The number of nitrogens with zero attached hydrogens (tertiary/aromatic N) is 4. The lowest BCUT2D eigenvalue weighted by molar-refractivity contribution is 0.157. The van der Waals surface area contributed by atoms with Crippen molar-refractivity contribution in [3.8, 4) is 0 Å². The van der Waals surface area contributed by atoms with Crippen LogP contribution in [0, 0.1) is 0 Å². The summed E-state index contributed by atoms with van der Waals surface area (Å²) in [5, 5.41) is 0. The molecule has 0 unspecified atom stereocenters. The van der Waals surface area contributed by atoms with Crippen LogP contribution >= 0.6 is 0 Å². The lowest BCUT2D eigenvalue weighted by Crippen LogP contribution is -2.46. The molecule has 1 aromatic heterocycles. The predicted octanol–water partition coefficient (Wildman–Crippen LogP) is 0.347. The third-order valence-corrected chi connectivity index (χ3v) is 3.59. The molecule has 1 aliphatic rings. The van der Waals surface area contributed by atoms with Crippen molar-refractivity contribution in [2.24, 2.45) is 0 Å². The number of nitrogen functional groups attached to an aromatic ring is 1. The Balaban J connectivity index is 1.81. The maximum absolute atomic E-state index is 5.92. The van der Waals surface area contributed by atoms with Gasteiger partial charge in [-0.1, -0.05) is 0 Å². The van der Waals surface area contributed by atoms with E-state index in [1.165, 1.54) is 13.1 Å². The van der Waals surface area contributed by atoms with Gasteiger partial charge in [0.05, 0.1) is 17.6 Å². The number of hydrogen-bond acceptors (Lipinski definition) is 5. The van der Waals surface area contributed by atoms with E-state index in [1.807, 2.05) is 6.07 Å². The second-order valence-electron chi connectivity index (χ2n) is 5.00. The average Bonchev–Trinajstić information content (AvgIpc) is 2.38. The molecule has 1 aromatic rings. The van der Waals surface area contributed by atoms with Gasteiger partial charge in [0.25, 0.3) is 0 Å². The summed E-state index contributed by atoms with van der Waals surface area (Å²) in [6.07, 6.45) is 3.50. The van der Waals surface area contributed by atoms with E-state index < -0.39 is 0 Å². The van der Waals surface area contributed by atoms with Crippen molar-refractivity contribution in [3.05, 3.63) is 18.5 Å². The number of hydrogen-bond donors (Lipinski definition) is 1. The monoisotopic (exact) mass is 249 g/mol. The summed E-state index contributed by atoms with van der Waals surface area (Å²) in [7, 11) is 4.27. The molecule has 2 heterocycles. The number of nitrogens with two attached hydrogens (primary N) is 1. The number of aromatic nitrogens is 1. The van der Waals surface area contributed by atoms with E-state index in [0.717, 1.165) is 37.6 Å². The third kappa shape index (κ3) is 3.34. The zero-order valence-electron chi connectivity index (χ0n) is 11.3. The molecule has 0 amide bonds. The molecule has 0 bridgehead atoms. The Morgan fingerprint density at radius 2 is 2.06 bits per heavy atom. The molecule has 18 heavy (non-hydrogen) atoms.